The van der Waals surface area contributed by atoms with Gasteiger partial charge >= 0.3 is 5.97 Å². The van der Waals surface area contributed by atoms with Crippen LogP contribution in [0.2, 0.25) is 0 Å². The minimum atomic E-state index is -1.18. The summed E-state index contributed by atoms with van der Waals surface area (Å²) < 4.78 is 0. The molecule has 0 aliphatic rings. The number of nitro groups is 1. The van der Waals surface area contributed by atoms with Crippen molar-refractivity contribution in [1.29, 1.82) is 0 Å². The van der Waals surface area contributed by atoms with Crippen LogP contribution in [0, 0.1) is 10.1 Å². The van der Waals surface area contributed by atoms with Gasteiger partial charge in [-0.3, -0.25) is 10.1 Å². The molecule has 0 radical (unpaired) electrons. The second kappa shape index (κ2) is 6.00. The SMILES string of the molecule is CCCC(C)Nc1c(C(=O)O)cccc1[N+](=O)[O-]. The van der Waals surface area contributed by atoms with Crippen LogP contribution in [0.1, 0.15) is 37.0 Å². The standard InChI is InChI=1S/C12H16N2O4/c1-3-5-8(2)13-11-9(12(15)16)6-4-7-10(11)14(17)18/h4,6-8,13H,3,5H2,1-2H3,(H,15,16). The Hall–Kier alpha value is -2.11. The molecule has 1 aromatic rings. The predicted octanol–water partition coefficient (Wildman–Crippen LogP) is 2.89. The molecule has 2 N–H and O–H groups in total. The summed E-state index contributed by atoms with van der Waals surface area (Å²) in [7, 11) is 0. The fourth-order valence-electron chi connectivity index (χ4n) is 1.77. The van der Waals surface area contributed by atoms with Gasteiger partial charge in [-0.1, -0.05) is 19.4 Å². The van der Waals surface area contributed by atoms with Crippen LogP contribution >= 0.6 is 0 Å². The van der Waals surface area contributed by atoms with E-state index in [-0.39, 0.29) is 23.0 Å². The van der Waals surface area contributed by atoms with Gasteiger partial charge < -0.3 is 10.4 Å². The van der Waals surface area contributed by atoms with Crippen molar-refractivity contribution in [2.75, 3.05) is 5.32 Å². The van der Waals surface area contributed by atoms with Gasteiger partial charge in [-0.15, -0.1) is 0 Å². The first-order valence-electron chi connectivity index (χ1n) is 5.74. The molecule has 0 saturated carbocycles. The fourth-order valence-corrected chi connectivity index (χ4v) is 1.77. The predicted molar refractivity (Wildman–Crippen MR) is 68.0 cm³/mol. The number of nitro benzene ring substituents is 1. The van der Waals surface area contributed by atoms with Gasteiger partial charge in [0.1, 0.15) is 5.69 Å². The molecule has 0 aromatic heterocycles. The van der Waals surface area contributed by atoms with Crippen LogP contribution in [0.15, 0.2) is 18.2 Å². The zero-order chi connectivity index (χ0) is 13.7. The second-order valence-corrected chi connectivity index (χ2v) is 4.10. The number of anilines is 1. The molecule has 0 spiro atoms. The van der Waals surface area contributed by atoms with E-state index in [1.165, 1.54) is 18.2 Å². The van der Waals surface area contributed by atoms with Crippen molar-refractivity contribution in [1.82, 2.24) is 0 Å². The molecular formula is C12H16N2O4. The van der Waals surface area contributed by atoms with E-state index in [4.69, 9.17) is 5.11 Å². The van der Waals surface area contributed by atoms with Crippen molar-refractivity contribution in [3.05, 3.63) is 33.9 Å². The van der Waals surface area contributed by atoms with E-state index in [0.717, 1.165) is 12.8 Å². The number of carboxylic acids is 1. The summed E-state index contributed by atoms with van der Waals surface area (Å²) in [5.74, 6) is -1.18. The van der Waals surface area contributed by atoms with Gasteiger partial charge in [0, 0.05) is 12.1 Å². The largest absolute Gasteiger partial charge is 0.478 e. The molecule has 0 bridgehead atoms. The second-order valence-electron chi connectivity index (χ2n) is 4.10. The van der Waals surface area contributed by atoms with Crippen LogP contribution in [0.25, 0.3) is 0 Å². The van der Waals surface area contributed by atoms with Crippen LogP contribution in [0.3, 0.4) is 0 Å². The molecule has 1 rings (SSSR count). The normalized spacial score (nSPS) is 11.9. The zero-order valence-electron chi connectivity index (χ0n) is 10.3. The average Bonchev–Trinajstić information content (AvgIpc) is 2.28. The first kappa shape index (κ1) is 14.0. The van der Waals surface area contributed by atoms with Crippen LogP contribution in [0.5, 0.6) is 0 Å². The van der Waals surface area contributed by atoms with Gasteiger partial charge in [0.25, 0.3) is 5.69 Å². The highest BCUT2D eigenvalue weighted by molar-refractivity contribution is 5.96. The lowest BCUT2D eigenvalue weighted by Gasteiger charge is -2.16. The van der Waals surface area contributed by atoms with Gasteiger partial charge in [-0.2, -0.15) is 0 Å². The lowest BCUT2D eigenvalue weighted by molar-refractivity contribution is -0.384. The van der Waals surface area contributed by atoms with Crippen molar-refractivity contribution >= 4 is 17.3 Å². The quantitative estimate of drug-likeness (QED) is 0.599. The number of carbonyl (C=O) groups is 1. The molecule has 0 aliphatic carbocycles. The summed E-state index contributed by atoms with van der Waals surface area (Å²) in [4.78, 5) is 21.4. The lowest BCUT2D eigenvalue weighted by atomic mass is 10.1. The zero-order valence-corrected chi connectivity index (χ0v) is 10.3. The van der Waals surface area contributed by atoms with Crippen molar-refractivity contribution in [3.63, 3.8) is 0 Å². The van der Waals surface area contributed by atoms with Gasteiger partial charge in [0.15, 0.2) is 0 Å². The maximum atomic E-state index is 11.1. The van der Waals surface area contributed by atoms with E-state index in [1.807, 2.05) is 13.8 Å². The van der Waals surface area contributed by atoms with Gasteiger partial charge in [0.2, 0.25) is 0 Å². The highest BCUT2D eigenvalue weighted by Crippen LogP contribution is 2.29. The number of aromatic carboxylic acids is 1. The Kier molecular flexibility index (Phi) is 4.65. The molecule has 6 nitrogen and oxygen atoms in total. The summed E-state index contributed by atoms with van der Waals surface area (Å²) >= 11 is 0. The summed E-state index contributed by atoms with van der Waals surface area (Å²) in [6.45, 7) is 3.86. The first-order chi connectivity index (χ1) is 8.47. The fraction of sp³-hybridized carbons (Fsp3) is 0.417. The molecule has 0 heterocycles. The number of benzene rings is 1. The summed E-state index contributed by atoms with van der Waals surface area (Å²) in [5.41, 5.74) is -0.207. The van der Waals surface area contributed by atoms with Crippen molar-refractivity contribution in [2.45, 2.75) is 32.7 Å². The molecule has 0 saturated heterocycles. The van der Waals surface area contributed by atoms with E-state index < -0.39 is 10.9 Å². The lowest BCUT2D eigenvalue weighted by Crippen LogP contribution is -2.18. The Morgan fingerprint density at radius 1 is 1.56 bits per heavy atom. The molecule has 0 amide bonds. The Bertz CT molecular complexity index is 427. The summed E-state index contributed by atoms with van der Waals surface area (Å²) in [6.07, 6.45) is 1.72. The number of carboxylic acid groups (broad SMARTS) is 1. The molecule has 0 aliphatic heterocycles. The third kappa shape index (κ3) is 3.19. The highest BCUT2D eigenvalue weighted by atomic mass is 16.6. The maximum Gasteiger partial charge on any atom is 0.338 e. The number of rotatable bonds is 6. The van der Waals surface area contributed by atoms with Gasteiger partial charge in [-0.05, 0) is 19.4 Å². The molecular weight excluding hydrogens is 236 g/mol. The van der Waals surface area contributed by atoms with Crippen molar-refractivity contribution < 1.29 is 14.8 Å². The number of nitrogens with one attached hydrogen (secondary N) is 1. The number of nitrogens with zero attached hydrogens (tertiary/aromatic N) is 1. The Balaban J connectivity index is 3.18. The third-order valence-electron chi connectivity index (χ3n) is 2.58. The average molecular weight is 252 g/mol. The summed E-state index contributed by atoms with van der Waals surface area (Å²) in [5, 5.41) is 22.9. The minimum absolute atomic E-state index is 0.0193. The third-order valence-corrected chi connectivity index (χ3v) is 2.58. The van der Waals surface area contributed by atoms with E-state index in [2.05, 4.69) is 5.32 Å². The van der Waals surface area contributed by atoms with Crippen LogP contribution in [0.4, 0.5) is 11.4 Å². The van der Waals surface area contributed by atoms with E-state index in [9.17, 15) is 14.9 Å². The Morgan fingerprint density at radius 3 is 2.72 bits per heavy atom. The van der Waals surface area contributed by atoms with Gasteiger partial charge in [0.05, 0.1) is 10.5 Å². The maximum absolute atomic E-state index is 11.1. The number of hydrogen-bond donors (Lipinski definition) is 2. The topological polar surface area (TPSA) is 92.5 Å². The molecule has 1 aromatic carbocycles. The monoisotopic (exact) mass is 252 g/mol. The molecule has 0 fully saturated rings. The summed E-state index contributed by atoms with van der Waals surface area (Å²) in [6, 6.07) is 4.01. The van der Waals surface area contributed by atoms with Crippen molar-refractivity contribution in [2.24, 2.45) is 0 Å². The first-order valence-corrected chi connectivity index (χ1v) is 5.74. The number of para-hydroxylation sites is 1. The van der Waals surface area contributed by atoms with E-state index in [0.29, 0.717) is 0 Å². The van der Waals surface area contributed by atoms with Crippen molar-refractivity contribution in [3.8, 4) is 0 Å². The Labute approximate surface area is 105 Å². The van der Waals surface area contributed by atoms with Gasteiger partial charge in [-0.25, -0.2) is 4.79 Å². The minimum Gasteiger partial charge on any atom is -0.478 e. The highest BCUT2D eigenvalue weighted by Gasteiger charge is 2.22. The molecule has 18 heavy (non-hydrogen) atoms. The molecule has 1 atom stereocenters. The molecule has 6 heteroatoms. The van der Waals surface area contributed by atoms with Crippen LogP contribution < -0.4 is 5.32 Å². The molecule has 98 valence electrons. The van der Waals surface area contributed by atoms with E-state index >= 15 is 0 Å². The van der Waals surface area contributed by atoms with E-state index in [1.54, 1.807) is 0 Å². The molecule has 1 unspecified atom stereocenters. The van der Waals surface area contributed by atoms with Crippen LogP contribution in [-0.2, 0) is 0 Å². The number of hydrogen-bond acceptors (Lipinski definition) is 4. The van der Waals surface area contributed by atoms with Crippen LogP contribution in [-0.4, -0.2) is 22.0 Å². The smallest absolute Gasteiger partial charge is 0.338 e. The Morgan fingerprint density at radius 2 is 2.22 bits per heavy atom.